The number of likely N-dealkylation sites (N-methyl/N-ethyl adjacent to an activating group) is 1. The molecule has 3 heterocycles. The Morgan fingerprint density at radius 1 is 1.05 bits per heavy atom. The number of nitrogens with two attached hydrogens (primary N) is 2. The highest BCUT2D eigenvalue weighted by atomic mass is 16.6. The first kappa shape index (κ1) is 44.3. The van der Waals surface area contributed by atoms with Crippen molar-refractivity contribution in [2.24, 2.45) is 23.3 Å². The van der Waals surface area contributed by atoms with Gasteiger partial charge < -0.3 is 26.0 Å². The monoisotopic (exact) mass is 546 g/mol. The number of hydrogen-bond donors (Lipinski definition) is 3. The summed E-state index contributed by atoms with van der Waals surface area (Å²) >= 11 is 0. The van der Waals surface area contributed by atoms with E-state index in [0.717, 1.165) is 19.6 Å². The minimum Gasteiger partial charge on any atom is -0.387 e. The lowest BCUT2D eigenvalue weighted by molar-refractivity contribution is -0.119. The average Bonchev–Trinajstić information content (AvgIpc) is 3.79. The molecule has 0 aromatic rings. The minimum absolute atomic E-state index is 0.250. The van der Waals surface area contributed by atoms with E-state index in [-0.39, 0.29) is 11.2 Å². The summed E-state index contributed by atoms with van der Waals surface area (Å²) in [6.45, 7) is 35.1. The van der Waals surface area contributed by atoms with Gasteiger partial charge in [-0.1, -0.05) is 65.3 Å². The van der Waals surface area contributed by atoms with Crippen molar-refractivity contribution in [3.8, 4) is 0 Å². The number of allylic oxidation sites excluding steroid dienone is 3. The van der Waals surface area contributed by atoms with Crippen LogP contribution in [0.15, 0.2) is 23.8 Å². The van der Waals surface area contributed by atoms with Crippen molar-refractivity contribution in [1.82, 2.24) is 4.90 Å². The van der Waals surface area contributed by atoms with Crippen LogP contribution in [0.1, 0.15) is 110 Å². The number of rotatable bonds is 4. The Kier molecular flexibility index (Phi) is 25.6. The Hall–Kier alpha value is -0.760. The highest BCUT2D eigenvalue weighted by molar-refractivity contribution is 4.97. The molecule has 0 aromatic heterocycles. The van der Waals surface area contributed by atoms with Gasteiger partial charge in [0.15, 0.2) is 0 Å². The van der Waals surface area contributed by atoms with Crippen molar-refractivity contribution < 1.29 is 14.6 Å². The standard InChI is InChI=1S/C6H13NO.2C6H12O.2C6H12.2CH5N/c1-5-6(2,8)4-7(5)3;1-5(2)6(3)4-7-6;1-4-6(3)5(2)7-6;1-5(2)6(3)4;1-4-6(3)5-2;2*1-2/h5,8H,4H2,1-3H3;2*5H,4H2,1-3H3;6H,1H2,2-4H3;4H,5H2,1-3H3;2*2H2,1H3. The first-order valence-electron chi connectivity index (χ1n) is 14.5. The van der Waals surface area contributed by atoms with Crippen LogP contribution in [-0.2, 0) is 9.47 Å². The van der Waals surface area contributed by atoms with Gasteiger partial charge in [0.05, 0.1) is 29.5 Å². The first-order chi connectivity index (χ1) is 17.3. The Labute approximate surface area is 239 Å². The van der Waals surface area contributed by atoms with Crippen molar-refractivity contribution in [3.05, 3.63) is 23.8 Å². The fourth-order valence-corrected chi connectivity index (χ4v) is 2.53. The molecule has 0 bridgehead atoms. The lowest BCUT2D eigenvalue weighted by Crippen LogP contribution is -2.64. The maximum atomic E-state index is 9.31. The maximum absolute atomic E-state index is 9.31. The highest BCUT2D eigenvalue weighted by Gasteiger charge is 2.46. The van der Waals surface area contributed by atoms with Crippen LogP contribution < -0.4 is 11.5 Å². The summed E-state index contributed by atoms with van der Waals surface area (Å²) in [6.07, 6.45) is 4.99. The SMILES string of the molecule is C=C(C)C(C)C.CC(C)C1(C)CO1.CC1N(C)CC1(C)O.CC=C(C)CC.CCC1(C)OC1C.CN.CN. The third-order valence-electron chi connectivity index (χ3n) is 7.94. The number of hydrogen-bond acceptors (Lipinski definition) is 6. The third-order valence-corrected chi connectivity index (χ3v) is 7.94. The third kappa shape index (κ3) is 20.2. The summed E-state index contributed by atoms with van der Waals surface area (Å²) in [5.41, 5.74) is 11.8. The van der Waals surface area contributed by atoms with Gasteiger partial charge >= 0.3 is 0 Å². The van der Waals surface area contributed by atoms with E-state index in [0.29, 0.717) is 24.0 Å². The van der Waals surface area contributed by atoms with Crippen LogP contribution in [0.4, 0.5) is 0 Å². The van der Waals surface area contributed by atoms with Crippen LogP contribution in [0.2, 0.25) is 0 Å². The molecule has 6 heteroatoms. The fourth-order valence-electron chi connectivity index (χ4n) is 2.53. The zero-order valence-electron chi connectivity index (χ0n) is 28.8. The van der Waals surface area contributed by atoms with Crippen LogP contribution in [0.25, 0.3) is 0 Å². The van der Waals surface area contributed by atoms with Crippen molar-refractivity contribution in [1.29, 1.82) is 0 Å². The van der Waals surface area contributed by atoms with Crippen LogP contribution in [0.5, 0.6) is 0 Å². The summed E-state index contributed by atoms with van der Waals surface area (Å²) < 4.78 is 10.4. The van der Waals surface area contributed by atoms with Gasteiger partial charge in [0.2, 0.25) is 0 Å². The highest BCUT2D eigenvalue weighted by Crippen LogP contribution is 2.38. The molecule has 232 valence electrons. The van der Waals surface area contributed by atoms with E-state index in [9.17, 15) is 5.11 Å². The van der Waals surface area contributed by atoms with Gasteiger partial charge in [-0.15, -0.1) is 0 Å². The second-order valence-corrected chi connectivity index (χ2v) is 11.6. The summed E-state index contributed by atoms with van der Waals surface area (Å²) in [7, 11) is 5.02. The molecule has 3 fully saturated rings. The Morgan fingerprint density at radius 3 is 1.42 bits per heavy atom. The molecule has 0 spiro atoms. The van der Waals surface area contributed by atoms with E-state index in [2.05, 4.69) is 105 Å². The number of nitrogens with zero attached hydrogens (tertiary/aromatic N) is 1. The number of ether oxygens (including phenoxy) is 2. The quantitative estimate of drug-likeness (QED) is 0.265. The molecule has 0 radical (unpaired) electrons. The smallest absolute Gasteiger partial charge is 0.0915 e. The summed E-state index contributed by atoms with van der Waals surface area (Å²) in [5.74, 6) is 1.34. The van der Waals surface area contributed by atoms with Gasteiger partial charge in [-0.2, -0.15) is 0 Å². The molecule has 5 unspecified atom stereocenters. The van der Waals surface area contributed by atoms with Gasteiger partial charge in [0.25, 0.3) is 0 Å². The van der Waals surface area contributed by atoms with Gasteiger partial charge in [-0.05, 0) is 101 Å². The van der Waals surface area contributed by atoms with Gasteiger partial charge in [-0.25, -0.2) is 0 Å². The molecule has 5 N–H and O–H groups in total. The van der Waals surface area contributed by atoms with Crippen molar-refractivity contribution >= 4 is 0 Å². The second kappa shape index (κ2) is 22.0. The van der Waals surface area contributed by atoms with Gasteiger partial charge in [0.1, 0.15) is 0 Å². The Balaban J connectivity index is -0.000000185. The van der Waals surface area contributed by atoms with E-state index >= 15 is 0 Å². The number of β-amino-alcohol motifs (C(OH)–C–C–N with tert-alkyl or cyclic N) is 1. The predicted octanol–water partition coefficient (Wildman–Crippen LogP) is 6.81. The van der Waals surface area contributed by atoms with E-state index in [1.165, 1.54) is 31.7 Å². The predicted molar refractivity (Wildman–Crippen MR) is 171 cm³/mol. The summed E-state index contributed by atoms with van der Waals surface area (Å²) in [4.78, 5) is 2.12. The molecule has 6 nitrogen and oxygen atoms in total. The van der Waals surface area contributed by atoms with Crippen LogP contribution in [0, 0.1) is 11.8 Å². The van der Waals surface area contributed by atoms with E-state index < -0.39 is 5.60 Å². The Morgan fingerprint density at radius 2 is 1.42 bits per heavy atom. The molecule has 0 aliphatic carbocycles. The van der Waals surface area contributed by atoms with Gasteiger partial charge in [0, 0.05) is 12.6 Å². The maximum Gasteiger partial charge on any atom is 0.0915 e. The van der Waals surface area contributed by atoms with E-state index in [1.54, 1.807) is 0 Å². The van der Waals surface area contributed by atoms with Crippen LogP contribution in [-0.4, -0.2) is 73.3 Å². The van der Waals surface area contributed by atoms with Crippen molar-refractivity contribution in [3.63, 3.8) is 0 Å². The second-order valence-electron chi connectivity index (χ2n) is 11.6. The first-order valence-corrected chi connectivity index (χ1v) is 14.5. The molecule has 3 saturated heterocycles. The van der Waals surface area contributed by atoms with E-state index in [4.69, 9.17) is 9.47 Å². The number of epoxide rings is 2. The van der Waals surface area contributed by atoms with Crippen molar-refractivity contribution in [2.75, 3.05) is 34.3 Å². The zero-order chi connectivity index (χ0) is 31.5. The Bertz CT molecular complexity index is 609. The fraction of sp³-hybridized carbons (Fsp3) is 0.875. The molecule has 38 heavy (non-hydrogen) atoms. The number of aliphatic hydroxyl groups is 1. The molecule has 3 aliphatic rings. The number of likely N-dealkylation sites (tertiary alicyclic amines) is 1. The largest absolute Gasteiger partial charge is 0.387 e. The summed E-state index contributed by atoms with van der Waals surface area (Å²) in [6, 6.07) is 0.336. The van der Waals surface area contributed by atoms with Crippen LogP contribution in [0.3, 0.4) is 0 Å². The molecule has 3 aliphatic heterocycles. The molecular weight excluding hydrogens is 474 g/mol. The molecule has 5 atom stereocenters. The molecule has 3 rings (SSSR count). The summed E-state index contributed by atoms with van der Waals surface area (Å²) in [5, 5.41) is 9.31. The zero-order valence-corrected chi connectivity index (χ0v) is 28.8. The molecular formula is C32H71N3O3. The van der Waals surface area contributed by atoms with Gasteiger partial charge in [-0.3, -0.25) is 4.90 Å². The minimum atomic E-state index is -0.422. The molecule has 0 aromatic carbocycles. The van der Waals surface area contributed by atoms with E-state index in [1.807, 2.05) is 27.8 Å². The lowest BCUT2D eigenvalue weighted by atomic mass is 9.88. The molecule has 0 amide bonds. The lowest BCUT2D eigenvalue weighted by Gasteiger charge is -2.49. The average molecular weight is 546 g/mol. The van der Waals surface area contributed by atoms with Crippen LogP contribution >= 0.6 is 0 Å². The normalized spacial score (nSPS) is 30.3. The molecule has 0 saturated carbocycles. The topological polar surface area (TPSA) is 101 Å². The van der Waals surface area contributed by atoms with Crippen molar-refractivity contribution in [2.45, 2.75) is 139 Å².